The highest BCUT2D eigenvalue weighted by molar-refractivity contribution is 6.05. The van der Waals surface area contributed by atoms with Crippen LogP contribution in [0.25, 0.3) is 0 Å². The van der Waals surface area contributed by atoms with Gasteiger partial charge in [0.25, 0.3) is 5.91 Å². The number of hydrogen-bond donors (Lipinski definition) is 1. The van der Waals surface area contributed by atoms with Gasteiger partial charge in [-0.25, -0.2) is 8.78 Å². The van der Waals surface area contributed by atoms with E-state index in [1.807, 2.05) is 0 Å². The fourth-order valence-electron chi connectivity index (χ4n) is 3.71. The molecule has 1 aromatic carbocycles. The van der Waals surface area contributed by atoms with Crippen molar-refractivity contribution in [2.24, 2.45) is 0 Å². The highest BCUT2D eigenvalue weighted by Crippen LogP contribution is 2.38. The summed E-state index contributed by atoms with van der Waals surface area (Å²) in [6, 6.07) is -0.314. The van der Waals surface area contributed by atoms with Gasteiger partial charge in [-0.3, -0.25) is 24.6 Å². The molecule has 2 fully saturated rings. The van der Waals surface area contributed by atoms with Gasteiger partial charge < -0.3 is 4.90 Å². The number of benzene rings is 1. The summed E-state index contributed by atoms with van der Waals surface area (Å²) in [6.45, 7) is -2.69. The molecule has 3 aliphatic heterocycles. The van der Waals surface area contributed by atoms with Crippen molar-refractivity contribution in [3.05, 3.63) is 34.4 Å². The molecule has 3 amide bonds. The second-order valence-electron chi connectivity index (χ2n) is 8.48. The minimum Gasteiger partial charge on any atom is -0.322 e. The Hall–Kier alpha value is -2.35. The summed E-state index contributed by atoms with van der Waals surface area (Å²) in [5, 5.41) is 2.07. The molecule has 1 aromatic rings. The quantitative estimate of drug-likeness (QED) is 0.737. The van der Waals surface area contributed by atoms with Gasteiger partial charge in [0.15, 0.2) is 11.6 Å². The number of amides is 3. The van der Waals surface area contributed by atoms with Gasteiger partial charge in [0.1, 0.15) is 6.04 Å². The number of hydrogen-bond acceptors (Lipinski definition) is 4. The maximum Gasteiger partial charge on any atom is 0.258 e. The molecule has 0 saturated carbocycles. The minimum atomic E-state index is -3.29. The van der Waals surface area contributed by atoms with E-state index < -0.39 is 90.3 Å². The zero-order valence-electron chi connectivity index (χ0n) is 24.7. The van der Waals surface area contributed by atoms with Gasteiger partial charge in [-0.1, -0.05) is 0 Å². The van der Waals surface area contributed by atoms with Crippen LogP contribution in [0.3, 0.4) is 0 Å². The molecule has 2 saturated heterocycles. The van der Waals surface area contributed by atoms with Crippen LogP contribution in [0.1, 0.15) is 84.7 Å². The average Bonchev–Trinajstić information content (AvgIpc) is 3.05. The standard InChI is InChI=1S/C22H27F2N3O3/c1-22(2,3)26-8-6-12(7-9-26)14-10-13-11-27(15-4-5-16(28)25-20(15)29)21(30)17(13)19(24)18(14)23/h10,12,15H,4-9,11H2,1-3H3,(H,25,28,29)/t15-/m0/s1/i6D2,7D2,8D2,9D2. The van der Waals surface area contributed by atoms with Crippen LogP contribution >= 0.6 is 0 Å². The van der Waals surface area contributed by atoms with E-state index in [1.165, 1.54) is 20.8 Å². The Morgan fingerprint density at radius 1 is 1.13 bits per heavy atom. The summed E-state index contributed by atoms with van der Waals surface area (Å²) in [5.41, 5.74) is -3.32. The summed E-state index contributed by atoms with van der Waals surface area (Å²) < 4.78 is 99.5. The van der Waals surface area contributed by atoms with Crippen LogP contribution in [0.2, 0.25) is 0 Å². The SMILES string of the molecule is [2H]C1([2H])C(c2cc3c(c(F)c2F)C(=O)N([C@H]2CCC(=O)NC2=O)C3)C([2H])([2H])C([2H])([2H])N(C(C)(C)C)C1([2H])[2H]. The number of halogens is 2. The first-order valence-corrected chi connectivity index (χ1v) is 9.56. The number of fused-ring (bicyclic) bond motifs is 1. The van der Waals surface area contributed by atoms with Crippen LogP contribution in [0.5, 0.6) is 0 Å². The first-order chi connectivity index (χ1) is 17.1. The molecule has 1 N–H and O–H groups in total. The average molecular weight is 428 g/mol. The molecule has 3 heterocycles. The third-order valence-electron chi connectivity index (χ3n) is 5.34. The molecule has 1 atom stereocenters. The maximum atomic E-state index is 15.6. The van der Waals surface area contributed by atoms with Crippen molar-refractivity contribution >= 4 is 17.7 Å². The molecular formula is C22H27F2N3O3. The van der Waals surface area contributed by atoms with E-state index in [0.717, 1.165) is 11.0 Å². The van der Waals surface area contributed by atoms with Gasteiger partial charge in [-0.15, -0.1) is 0 Å². The van der Waals surface area contributed by atoms with E-state index in [-0.39, 0.29) is 18.4 Å². The summed E-state index contributed by atoms with van der Waals surface area (Å²) >= 11 is 0. The number of carbonyl (C=O) groups excluding carboxylic acids is 3. The van der Waals surface area contributed by atoms with Crippen LogP contribution < -0.4 is 5.32 Å². The summed E-state index contributed by atoms with van der Waals surface area (Å²) in [4.78, 5) is 38.1. The number of piperidine rings is 2. The number of likely N-dealkylation sites (tertiary alicyclic amines) is 1. The Labute approximate surface area is 185 Å². The van der Waals surface area contributed by atoms with Gasteiger partial charge in [-0.2, -0.15) is 0 Å². The van der Waals surface area contributed by atoms with E-state index in [0.29, 0.717) is 4.90 Å². The first-order valence-electron chi connectivity index (χ1n) is 13.6. The lowest BCUT2D eigenvalue weighted by atomic mass is 9.85. The van der Waals surface area contributed by atoms with Crippen LogP contribution in [0, 0.1) is 11.6 Å². The molecule has 0 aliphatic carbocycles. The van der Waals surface area contributed by atoms with Gasteiger partial charge in [-0.05, 0) is 76.0 Å². The molecule has 8 heteroatoms. The van der Waals surface area contributed by atoms with Crippen LogP contribution in [-0.2, 0) is 16.1 Å². The van der Waals surface area contributed by atoms with Crippen LogP contribution in [-0.4, -0.2) is 52.1 Å². The second-order valence-corrected chi connectivity index (χ2v) is 8.48. The molecule has 0 spiro atoms. The van der Waals surface area contributed by atoms with E-state index in [2.05, 4.69) is 5.32 Å². The molecule has 30 heavy (non-hydrogen) atoms. The van der Waals surface area contributed by atoms with Crippen molar-refractivity contribution in [2.45, 2.75) is 70.4 Å². The first kappa shape index (κ1) is 13.1. The third-order valence-corrected chi connectivity index (χ3v) is 5.34. The largest absolute Gasteiger partial charge is 0.322 e. The molecule has 6 nitrogen and oxygen atoms in total. The lowest BCUT2D eigenvalue weighted by Crippen LogP contribution is -2.52. The third kappa shape index (κ3) is 3.51. The number of imide groups is 1. The lowest BCUT2D eigenvalue weighted by Gasteiger charge is -2.41. The highest BCUT2D eigenvalue weighted by atomic mass is 19.2. The highest BCUT2D eigenvalue weighted by Gasteiger charge is 2.42. The van der Waals surface area contributed by atoms with E-state index in [1.54, 1.807) is 0 Å². The molecule has 4 rings (SSSR count). The minimum absolute atomic E-state index is 0.0574. The molecule has 0 unspecified atom stereocenters. The molecule has 0 bridgehead atoms. The van der Waals surface area contributed by atoms with Crippen molar-refractivity contribution in [1.29, 1.82) is 0 Å². The number of nitrogens with one attached hydrogen (secondary N) is 1. The van der Waals surface area contributed by atoms with Crippen LogP contribution in [0.15, 0.2) is 6.07 Å². The lowest BCUT2D eigenvalue weighted by molar-refractivity contribution is -0.136. The molecule has 0 radical (unpaired) electrons. The molecule has 0 aromatic heterocycles. The van der Waals surface area contributed by atoms with E-state index in [4.69, 9.17) is 11.0 Å². The second kappa shape index (κ2) is 7.41. The Kier molecular flexibility index (Phi) is 3.25. The van der Waals surface area contributed by atoms with Crippen molar-refractivity contribution in [3.8, 4) is 0 Å². The van der Waals surface area contributed by atoms with Gasteiger partial charge in [0.05, 0.1) is 5.56 Å². The summed E-state index contributed by atoms with van der Waals surface area (Å²) in [5.74, 6) is -8.41. The van der Waals surface area contributed by atoms with E-state index >= 15 is 8.78 Å². The molecule has 162 valence electrons. The van der Waals surface area contributed by atoms with Gasteiger partial charge in [0, 0.05) is 29.5 Å². The van der Waals surface area contributed by atoms with Crippen LogP contribution in [0.4, 0.5) is 8.78 Å². The van der Waals surface area contributed by atoms with E-state index in [9.17, 15) is 14.4 Å². The zero-order chi connectivity index (χ0) is 29.0. The van der Waals surface area contributed by atoms with Crippen molar-refractivity contribution in [1.82, 2.24) is 15.1 Å². The Balaban J connectivity index is 1.87. The maximum absolute atomic E-state index is 15.6. The Morgan fingerprint density at radius 3 is 2.40 bits per heavy atom. The topological polar surface area (TPSA) is 69.7 Å². The predicted octanol–water partition coefficient (Wildman–Crippen LogP) is 2.70. The Bertz CT molecular complexity index is 1220. The molecule has 3 aliphatic rings. The fraction of sp³-hybridized carbons (Fsp3) is 0.591. The summed E-state index contributed by atoms with van der Waals surface area (Å²) in [6.07, 6.45) is -6.72. The van der Waals surface area contributed by atoms with Crippen molar-refractivity contribution in [3.63, 3.8) is 0 Å². The predicted molar refractivity (Wildman–Crippen MR) is 106 cm³/mol. The zero-order valence-corrected chi connectivity index (χ0v) is 16.7. The Morgan fingerprint density at radius 2 is 1.80 bits per heavy atom. The number of carbonyl (C=O) groups is 3. The number of nitrogens with zero attached hydrogens (tertiary/aromatic N) is 2. The smallest absolute Gasteiger partial charge is 0.258 e. The normalized spacial score (nSPS) is 34.4. The monoisotopic (exact) mass is 427 g/mol. The number of rotatable bonds is 2. The van der Waals surface area contributed by atoms with Crippen molar-refractivity contribution < 1.29 is 34.1 Å². The van der Waals surface area contributed by atoms with Gasteiger partial charge >= 0.3 is 0 Å². The van der Waals surface area contributed by atoms with Gasteiger partial charge in [0.2, 0.25) is 11.8 Å². The molecular weight excluding hydrogens is 392 g/mol. The van der Waals surface area contributed by atoms with Crippen molar-refractivity contribution in [2.75, 3.05) is 13.0 Å². The summed E-state index contributed by atoms with van der Waals surface area (Å²) in [7, 11) is 0. The fourth-order valence-corrected chi connectivity index (χ4v) is 3.71.